The van der Waals surface area contributed by atoms with Crippen LogP contribution in [0.1, 0.15) is 29.7 Å². The number of likely N-dealkylation sites (tertiary alicyclic amines) is 1. The number of nitrogens with one attached hydrogen (secondary N) is 1. The first-order valence-corrected chi connectivity index (χ1v) is 7.85. The molecule has 0 unspecified atom stereocenters. The maximum atomic E-state index is 4.55. The Labute approximate surface area is 127 Å². The van der Waals surface area contributed by atoms with E-state index in [1.165, 1.54) is 42.6 Å². The largest absolute Gasteiger partial charge is 0.332 e. The van der Waals surface area contributed by atoms with Crippen LogP contribution in [0.25, 0.3) is 5.57 Å². The Bertz CT molecular complexity index is 593. The van der Waals surface area contributed by atoms with E-state index in [2.05, 4.69) is 54.4 Å². The lowest BCUT2D eigenvalue weighted by Crippen LogP contribution is -3.09. The van der Waals surface area contributed by atoms with E-state index in [0.29, 0.717) is 0 Å². The summed E-state index contributed by atoms with van der Waals surface area (Å²) in [6.45, 7) is 5.84. The summed E-state index contributed by atoms with van der Waals surface area (Å²) in [6, 6.07) is 14.9. The second kappa shape index (κ2) is 6.68. The summed E-state index contributed by atoms with van der Waals surface area (Å²) < 4.78 is 0. The number of nitrogens with zero attached hydrogens (tertiary/aromatic N) is 1. The molecule has 3 rings (SSSR count). The first-order valence-electron chi connectivity index (χ1n) is 7.85. The second-order valence-corrected chi connectivity index (χ2v) is 5.86. The van der Waals surface area contributed by atoms with Gasteiger partial charge in [-0.05, 0) is 30.7 Å². The zero-order chi connectivity index (χ0) is 14.5. The molecule has 0 atom stereocenters. The summed E-state index contributed by atoms with van der Waals surface area (Å²) >= 11 is 0. The molecule has 2 heteroatoms. The maximum Gasteiger partial charge on any atom is 0.0967 e. The molecule has 0 aliphatic carbocycles. The van der Waals surface area contributed by atoms with Gasteiger partial charge in [-0.3, -0.25) is 4.98 Å². The number of rotatable bonds is 4. The van der Waals surface area contributed by atoms with E-state index in [1.54, 1.807) is 4.90 Å². The minimum Gasteiger partial charge on any atom is -0.332 e. The number of benzene rings is 1. The highest BCUT2D eigenvalue weighted by Crippen LogP contribution is 2.21. The van der Waals surface area contributed by atoms with Crippen LogP contribution in [-0.4, -0.2) is 24.6 Å². The topological polar surface area (TPSA) is 17.3 Å². The van der Waals surface area contributed by atoms with Crippen molar-refractivity contribution in [2.24, 2.45) is 0 Å². The van der Waals surface area contributed by atoms with Crippen molar-refractivity contribution in [3.8, 4) is 0 Å². The number of aryl methyl sites for hydroxylation is 1. The average Bonchev–Trinajstić information content (AvgIpc) is 3.04. The van der Waals surface area contributed by atoms with Gasteiger partial charge in [0.15, 0.2) is 0 Å². The van der Waals surface area contributed by atoms with Gasteiger partial charge in [-0.1, -0.05) is 35.9 Å². The number of hydrogen-bond acceptors (Lipinski definition) is 1. The molecular formula is C19H23N2+. The van der Waals surface area contributed by atoms with Crippen LogP contribution in [-0.2, 0) is 0 Å². The van der Waals surface area contributed by atoms with Crippen molar-refractivity contribution in [2.45, 2.75) is 19.8 Å². The van der Waals surface area contributed by atoms with Crippen molar-refractivity contribution in [3.63, 3.8) is 0 Å². The van der Waals surface area contributed by atoms with Crippen molar-refractivity contribution >= 4 is 5.57 Å². The smallest absolute Gasteiger partial charge is 0.0967 e. The second-order valence-electron chi connectivity index (χ2n) is 5.86. The zero-order valence-corrected chi connectivity index (χ0v) is 12.7. The Morgan fingerprint density at radius 2 is 1.86 bits per heavy atom. The molecule has 1 fully saturated rings. The molecule has 1 aromatic carbocycles. The Morgan fingerprint density at radius 1 is 1.10 bits per heavy atom. The lowest BCUT2D eigenvalue weighted by atomic mass is 10.0. The number of hydrogen-bond donors (Lipinski definition) is 1. The molecule has 0 amide bonds. The normalized spacial score (nSPS) is 16.3. The summed E-state index contributed by atoms with van der Waals surface area (Å²) in [5, 5.41) is 0. The minimum atomic E-state index is 1.07. The Morgan fingerprint density at radius 3 is 2.52 bits per heavy atom. The fourth-order valence-corrected chi connectivity index (χ4v) is 2.95. The summed E-state index contributed by atoms with van der Waals surface area (Å²) in [6.07, 6.45) is 6.98. The van der Waals surface area contributed by atoms with Crippen molar-refractivity contribution < 1.29 is 4.90 Å². The van der Waals surface area contributed by atoms with E-state index in [-0.39, 0.29) is 0 Å². The predicted molar refractivity (Wildman–Crippen MR) is 87.3 cm³/mol. The molecule has 0 saturated carbocycles. The van der Waals surface area contributed by atoms with Gasteiger partial charge in [-0.15, -0.1) is 0 Å². The van der Waals surface area contributed by atoms with Gasteiger partial charge in [0.1, 0.15) is 0 Å². The summed E-state index contributed by atoms with van der Waals surface area (Å²) in [5.74, 6) is 0. The van der Waals surface area contributed by atoms with E-state index in [1.807, 2.05) is 12.3 Å². The van der Waals surface area contributed by atoms with Crippen LogP contribution in [0.3, 0.4) is 0 Å². The average molecular weight is 279 g/mol. The fraction of sp³-hybridized carbons (Fsp3) is 0.316. The van der Waals surface area contributed by atoms with Crippen LogP contribution in [0.15, 0.2) is 54.7 Å². The molecule has 21 heavy (non-hydrogen) atoms. The van der Waals surface area contributed by atoms with Crippen molar-refractivity contribution in [3.05, 3.63) is 71.6 Å². The van der Waals surface area contributed by atoms with Crippen LogP contribution < -0.4 is 4.90 Å². The van der Waals surface area contributed by atoms with Crippen molar-refractivity contribution in [1.82, 2.24) is 4.98 Å². The number of aromatic nitrogens is 1. The fourth-order valence-electron chi connectivity index (χ4n) is 2.95. The van der Waals surface area contributed by atoms with Crippen molar-refractivity contribution in [1.29, 1.82) is 0 Å². The summed E-state index contributed by atoms with van der Waals surface area (Å²) in [5.41, 5.74) is 4.89. The molecule has 1 saturated heterocycles. The molecule has 0 bridgehead atoms. The van der Waals surface area contributed by atoms with Crippen LogP contribution in [0.4, 0.5) is 0 Å². The van der Waals surface area contributed by atoms with Gasteiger partial charge in [-0.25, -0.2) is 0 Å². The molecule has 1 N–H and O–H groups in total. The standard InChI is InChI=1S/C19H22N2/c1-16-7-9-17(10-8-16)18(19-6-2-3-12-20-19)11-15-21-13-4-5-14-21/h2-3,6-12H,4-5,13-15H2,1H3/p+1/b18-11+. The van der Waals surface area contributed by atoms with E-state index in [0.717, 1.165) is 12.2 Å². The molecule has 2 aromatic rings. The van der Waals surface area contributed by atoms with Crippen LogP contribution in [0.2, 0.25) is 0 Å². The zero-order valence-electron chi connectivity index (χ0n) is 12.7. The highest BCUT2D eigenvalue weighted by atomic mass is 15.1. The first-order chi connectivity index (χ1) is 10.3. The molecule has 0 spiro atoms. The molecule has 1 aliphatic rings. The molecule has 0 radical (unpaired) electrons. The molecule has 1 aromatic heterocycles. The van der Waals surface area contributed by atoms with Gasteiger partial charge in [-0.2, -0.15) is 0 Å². The van der Waals surface area contributed by atoms with Gasteiger partial charge in [0, 0.05) is 24.6 Å². The first kappa shape index (κ1) is 14.0. The Balaban J connectivity index is 1.90. The third-order valence-corrected chi connectivity index (χ3v) is 4.21. The SMILES string of the molecule is Cc1ccc(/C(=C\C[NH+]2CCCC2)c2ccccn2)cc1. The van der Waals surface area contributed by atoms with Crippen LogP contribution in [0.5, 0.6) is 0 Å². The highest BCUT2D eigenvalue weighted by Gasteiger charge is 2.14. The van der Waals surface area contributed by atoms with Crippen molar-refractivity contribution in [2.75, 3.05) is 19.6 Å². The molecule has 108 valence electrons. The van der Waals surface area contributed by atoms with Crippen LogP contribution in [0, 0.1) is 6.92 Å². The third kappa shape index (κ3) is 3.59. The number of pyridine rings is 1. The Hall–Kier alpha value is -1.93. The molecule has 1 aliphatic heterocycles. The van der Waals surface area contributed by atoms with E-state index < -0.39 is 0 Å². The highest BCUT2D eigenvalue weighted by molar-refractivity contribution is 5.77. The molecule has 2 nitrogen and oxygen atoms in total. The van der Waals surface area contributed by atoms with Gasteiger partial charge < -0.3 is 4.90 Å². The maximum absolute atomic E-state index is 4.55. The van der Waals surface area contributed by atoms with Gasteiger partial charge >= 0.3 is 0 Å². The summed E-state index contributed by atoms with van der Waals surface area (Å²) in [7, 11) is 0. The quantitative estimate of drug-likeness (QED) is 0.910. The molecule has 2 heterocycles. The summed E-state index contributed by atoms with van der Waals surface area (Å²) in [4.78, 5) is 6.24. The predicted octanol–water partition coefficient (Wildman–Crippen LogP) is 2.50. The number of quaternary nitrogens is 1. The van der Waals surface area contributed by atoms with Crippen LogP contribution >= 0.6 is 0 Å². The lowest BCUT2D eigenvalue weighted by Gasteiger charge is -2.12. The Kier molecular flexibility index (Phi) is 4.46. The lowest BCUT2D eigenvalue weighted by molar-refractivity contribution is -0.881. The minimum absolute atomic E-state index is 1.07. The molecular weight excluding hydrogens is 256 g/mol. The van der Waals surface area contributed by atoms with E-state index >= 15 is 0 Å². The third-order valence-electron chi connectivity index (χ3n) is 4.21. The van der Waals surface area contributed by atoms with E-state index in [4.69, 9.17) is 0 Å². The monoisotopic (exact) mass is 279 g/mol. The van der Waals surface area contributed by atoms with Gasteiger partial charge in [0.2, 0.25) is 0 Å². The van der Waals surface area contributed by atoms with Gasteiger partial charge in [0.05, 0.1) is 25.3 Å². The van der Waals surface area contributed by atoms with E-state index in [9.17, 15) is 0 Å². The van der Waals surface area contributed by atoms with Gasteiger partial charge in [0.25, 0.3) is 0 Å².